The van der Waals surface area contributed by atoms with Crippen LogP contribution in [0.15, 0.2) is 5.16 Å². The first-order valence-electron chi connectivity index (χ1n) is 8.31. The summed E-state index contributed by atoms with van der Waals surface area (Å²) in [4.78, 5) is 21.8. The molecule has 12 heteroatoms. The second-order valence-electron chi connectivity index (χ2n) is 5.14. The Labute approximate surface area is 164 Å². The van der Waals surface area contributed by atoms with Gasteiger partial charge in [0.25, 0.3) is 0 Å². The van der Waals surface area contributed by atoms with Crippen LogP contribution in [0.1, 0.15) is 32.0 Å². The Kier molecular flexibility index (Phi) is 13.3. The molecule has 2 N–H and O–H groups in total. The van der Waals surface area contributed by atoms with Crippen molar-refractivity contribution in [3.8, 4) is 0 Å². The fourth-order valence-corrected chi connectivity index (χ4v) is 2.68. The molecule has 1 aromatic rings. The van der Waals surface area contributed by atoms with E-state index in [9.17, 15) is 4.57 Å². The van der Waals surface area contributed by atoms with Crippen LogP contribution in [0, 0.1) is 0 Å². The number of ether oxygens (including phenoxy) is 2. The number of nitrogens with zero attached hydrogens (tertiary/aromatic N) is 3. The topological polar surface area (TPSA) is 116 Å². The summed E-state index contributed by atoms with van der Waals surface area (Å²) in [5, 5.41) is 3.35. The molecule has 0 radical (unpaired) electrons. The monoisotopic (exact) mass is 426 g/mol. The highest BCUT2D eigenvalue weighted by atomic mass is 32.2. The SMILES string of the molecule is CCC(C)c1nc(NCO[PH](=O)O)nc(SCCOCCOCCS)n1. The molecule has 0 spiro atoms. The summed E-state index contributed by atoms with van der Waals surface area (Å²) in [5.41, 5.74) is 0. The normalized spacial score (nSPS) is 13.5. The lowest BCUT2D eigenvalue weighted by Gasteiger charge is -2.11. The first-order chi connectivity index (χ1) is 12.6. The van der Waals surface area contributed by atoms with E-state index in [1.807, 2.05) is 6.92 Å². The van der Waals surface area contributed by atoms with Gasteiger partial charge in [0.15, 0.2) is 5.16 Å². The van der Waals surface area contributed by atoms with Crippen LogP contribution in [-0.2, 0) is 18.6 Å². The van der Waals surface area contributed by atoms with Crippen LogP contribution in [-0.4, -0.2) is 64.5 Å². The molecule has 2 unspecified atom stereocenters. The molecule has 0 amide bonds. The highest BCUT2D eigenvalue weighted by molar-refractivity contribution is 7.99. The molecule has 1 rings (SSSR count). The number of rotatable bonds is 15. The van der Waals surface area contributed by atoms with Gasteiger partial charge in [0.05, 0.1) is 26.4 Å². The van der Waals surface area contributed by atoms with Gasteiger partial charge in [0, 0.05) is 17.4 Å². The molecule has 0 aromatic carbocycles. The summed E-state index contributed by atoms with van der Waals surface area (Å²) in [6, 6.07) is 0. The van der Waals surface area contributed by atoms with Crippen molar-refractivity contribution in [1.82, 2.24) is 15.0 Å². The van der Waals surface area contributed by atoms with Gasteiger partial charge in [-0.15, -0.1) is 0 Å². The van der Waals surface area contributed by atoms with Crippen LogP contribution in [0.3, 0.4) is 0 Å². The average molecular weight is 427 g/mol. The molecule has 26 heavy (non-hydrogen) atoms. The van der Waals surface area contributed by atoms with Crippen LogP contribution in [0.25, 0.3) is 0 Å². The molecule has 0 bridgehead atoms. The predicted molar refractivity (Wildman–Crippen MR) is 106 cm³/mol. The fraction of sp³-hybridized carbons (Fsp3) is 0.786. The lowest BCUT2D eigenvalue weighted by atomic mass is 10.1. The number of anilines is 1. The van der Waals surface area contributed by atoms with Crippen molar-refractivity contribution < 1.29 is 23.5 Å². The molecule has 0 saturated carbocycles. The van der Waals surface area contributed by atoms with E-state index < -0.39 is 8.25 Å². The molecule has 0 fully saturated rings. The van der Waals surface area contributed by atoms with Gasteiger partial charge in [-0.05, 0) is 6.42 Å². The van der Waals surface area contributed by atoms with E-state index in [0.29, 0.717) is 54.9 Å². The highest BCUT2D eigenvalue weighted by Crippen LogP contribution is 2.21. The largest absolute Gasteiger partial charge is 0.378 e. The zero-order chi connectivity index (χ0) is 19.2. The smallest absolute Gasteiger partial charge is 0.318 e. The molecular weight excluding hydrogens is 399 g/mol. The van der Waals surface area contributed by atoms with Gasteiger partial charge in [0.2, 0.25) is 5.95 Å². The van der Waals surface area contributed by atoms with Crippen LogP contribution < -0.4 is 5.32 Å². The molecule has 1 heterocycles. The standard InChI is InChI=1S/C14H27N4O5PS2/c1-3-11(2)12-16-13(15-10-23-24(19)20)18-14(17-12)26-9-7-22-5-4-21-6-8-25/h11,24-25H,3-10H2,1-2H3,(H,19,20)(H,15,16,17,18). The maximum absolute atomic E-state index is 10.6. The molecule has 150 valence electrons. The second-order valence-corrected chi connectivity index (χ2v) is 7.47. The van der Waals surface area contributed by atoms with E-state index in [1.165, 1.54) is 11.8 Å². The fourth-order valence-electron chi connectivity index (χ4n) is 1.66. The third-order valence-electron chi connectivity index (χ3n) is 3.18. The van der Waals surface area contributed by atoms with Gasteiger partial charge < -0.3 is 19.7 Å². The molecule has 1 aromatic heterocycles. The van der Waals surface area contributed by atoms with Crippen molar-refractivity contribution in [2.45, 2.75) is 31.3 Å². The first kappa shape index (κ1) is 23.6. The van der Waals surface area contributed by atoms with Crippen LogP contribution >= 0.6 is 32.6 Å². The number of hydrogen-bond donors (Lipinski definition) is 3. The van der Waals surface area contributed by atoms with Crippen molar-refractivity contribution in [2.24, 2.45) is 0 Å². The third kappa shape index (κ3) is 10.7. The van der Waals surface area contributed by atoms with Crippen molar-refractivity contribution in [3.05, 3.63) is 5.82 Å². The van der Waals surface area contributed by atoms with Gasteiger partial charge >= 0.3 is 8.25 Å². The van der Waals surface area contributed by atoms with Crippen molar-refractivity contribution >= 4 is 38.6 Å². The van der Waals surface area contributed by atoms with Crippen molar-refractivity contribution in [3.63, 3.8) is 0 Å². The Morgan fingerprint density at radius 3 is 2.62 bits per heavy atom. The molecular formula is C14H27N4O5PS2. The number of thioether (sulfide) groups is 1. The minimum Gasteiger partial charge on any atom is -0.378 e. The summed E-state index contributed by atoms with van der Waals surface area (Å²) in [5.74, 6) is 2.56. The van der Waals surface area contributed by atoms with Gasteiger partial charge in [-0.3, -0.25) is 9.09 Å². The van der Waals surface area contributed by atoms with Crippen LogP contribution in [0.2, 0.25) is 0 Å². The van der Waals surface area contributed by atoms with Crippen molar-refractivity contribution in [2.75, 3.05) is 50.0 Å². The summed E-state index contributed by atoms with van der Waals surface area (Å²) in [6.07, 6.45) is 0.893. The summed E-state index contributed by atoms with van der Waals surface area (Å²) >= 11 is 5.52. The maximum Gasteiger partial charge on any atom is 0.318 e. The molecule has 0 aliphatic carbocycles. The van der Waals surface area contributed by atoms with E-state index in [2.05, 4.69) is 44.3 Å². The Bertz CT molecular complexity index is 544. The zero-order valence-electron chi connectivity index (χ0n) is 15.0. The second kappa shape index (κ2) is 14.6. The Morgan fingerprint density at radius 2 is 1.96 bits per heavy atom. The van der Waals surface area contributed by atoms with E-state index in [0.717, 1.165) is 6.42 Å². The van der Waals surface area contributed by atoms with E-state index >= 15 is 0 Å². The minimum atomic E-state index is -2.99. The van der Waals surface area contributed by atoms with Gasteiger partial charge in [0.1, 0.15) is 12.6 Å². The lowest BCUT2D eigenvalue weighted by molar-refractivity contribution is 0.0605. The average Bonchev–Trinajstić information content (AvgIpc) is 2.62. The number of thiol groups is 1. The highest BCUT2D eigenvalue weighted by Gasteiger charge is 2.12. The van der Waals surface area contributed by atoms with E-state index in [1.54, 1.807) is 0 Å². The lowest BCUT2D eigenvalue weighted by Crippen LogP contribution is -2.12. The third-order valence-corrected chi connectivity index (χ3v) is 4.56. The first-order valence-corrected chi connectivity index (χ1v) is 11.2. The number of nitrogens with one attached hydrogen (secondary N) is 1. The summed E-state index contributed by atoms with van der Waals surface area (Å²) < 4.78 is 26.0. The van der Waals surface area contributed by atoms with Gasteiger partial charge in [-0.25, -0.2) is 4.98 Å². The van der Waals surface area contributed by atoms with Crippen molar-refractivity contribution in [1.29, 1.82) is 0 Å². The Hall–Kier alpha value is -0.420. The quantitative estimate of drug-likeness (QED) is 0.127. The molecule has 0 saturated heterocycles. The van der Waals surface area contributed by atoms with E-state index in [4.69, 9.17) is 14.4 Å². The summed E-state index contributed by atoms with van der Waals surface area (Å²) in [7, 11) is -2.99. The Morgan fingerprint density at radius 1 is 1.23 bits per heavy atom. The molecule has 2 atom stereocenters. The minimum absolute atomic E-state index is 0.141. The van der Waals surface area contributed by atoms with Crippen LogP contribution in [0.4, 0.5) is 5.95 Å². The van der Waals surface area contributed by atoms with Gasteiger partial charge in [-0.1, -0.05) is 25.6 Å². The zero-order valence-corrected chi connectivity index (χ0v) is 17.7. The van der Waals surface area contributed by atoms with E-state index in [-0.39, 0.29) is 12.6 Å². The maximum atomic E-state index is 10.6. The molecule has 0 aliphatic rings. The summed E-state index contributed by atoms with van der Waals surface area (Å²) in [6.45, 7) is 6.21. The number of aromatic nitrogens is 3. The van der Waals surface area contributed by atoms with Gasteiger partial charge in [-0.2, -0.15) is 22.6 Å². The number of hydrogen-bond acceptors (Lipinski definition) is 10. The molecule has 9 nitrogen and oxygen atoms in total. The van der Waals surface area contributed by atoms with Crippen LogP contribution in [0.5, 0.6) is 0 Å². The molecule has 0 aliphatic heterocycles. The predicted octanol–water partition coefficient (Wildman–Crippen LogP) is 2.21. The Balaban J connectivity index is 2.49.